The number of nitrogens with one attached hydrogen (secondary N) is 2. The largest absolute Gasteiger partial charge is 0.494 e. The quantitative estimate of drug-likeness (QED) is 0.412. The number of thiazole rings is 1. The summed E-state index contributed by atoms with van der Waals surface area (Å²) in [4.78, 5) is 58.8. The average molecular weight is 499 g/mol. The van der Waals surface area contributed by atoms with E-state index in [1.54, 1.807) is 38.1 Å². The standard InChI is InChI=1S/C23H22N4O7S/c1-4-33-13-8-6-12(7-9-13)17-16(21(31)34-5-2)11(3)24-23-27(17)20(30)15(35-23)10-14-18(28)25-22(32)26-19(14)29/h6-10,17H,4-5H2,1-3H3,(H3,25,26,28,29,32). The van der Waals surface area contributed by atoms with Crippen molar-refractivity contribution < 1.29 is 19.4 Å². The first-order valence-corrected chi connectivity index (χ1v) is 11.5. The molecule has 12 heteroatoms. The van der Waals surface area contributed by atoms with Gasteiger partial charge in [0.25, 0.3) is 11.1 Å². The van der Waals surface area contributed by atoms with E-state index >= 15 is 0 Å². The van der Waals surface area contributed by atoms with Gasteiger partial charge in [-0.2, -0.15) is 0 Å². The molecule has 1 aliphatic heterocycles. The van der Waals surface area contributed by atoms with Gasteiger partial charge in [-0.05, 0) is 44.5 Å². The molecule has 0 radical (unpaired) electrons. The number of aromatic nitrogens is 3. The maximum Gasteiger partial charge on any atom is 0.338 e. The Bertz CT molecular complexity index is 1620. The Morgan fingerprint density at radius 2 is 1.89 bits per heavy atom. The number of rotatable bonds is 6. The number of hydrogen-bond acceptors (Lipinski definition) is 9. The van der Waals surface area contributed by atoms with Crippen molar-refractivity contribution in [1.29, 1.82) is 0 Å². The monoisotopic (exact) mass is 498 g/mol. The number of aromatic amines is 2. The molecule has 182 valence electrons. The predicted molar refractivity (Wildman–Crippen MR) is 127 cm³/mol. The summed E-state index contributed by atoms with van der Waals surface area (Å²) in [6, 6.07) is 6.15. The van der Waals surface area contributed by atoms with Gasteiger partial charge in [0.2, 0.25) is 5.88 Å². The molecule has 3 N–H and O–H groups in total. The van der Waals surface area contributed by atoms with Gasteiger partial charge in [-0.25, -0.2) is 14.6 Å². The Morgan fingerprint density at radius 1 is 1.17 bits per heavy atom. The van der Waals surface area contributed by atoms with E-state index in [0.717, 1.165) is 11.3 Å². The lowest BCUT2D eigenvalue weighted by Crippen LogP contribution is -2.40. The van der Waals surface area contributed by atoms with E-state index in [1.165, 1.54) is 10.6 Å². The Kier molecular flexibility index (Phi) is 6.56. The van der Waals surface area contributed by atoms with Crippen LogP contribution in [0.4, 0.5) is 0 Å². The van der Waals surface area contributed by atoms with Crippen molar-refractivity contribution in [3.8, 4) is 11.6 Å². The first-order valence-electron chi connectivity index (χ1n) is 10.7. The minimum Gasteiger partial charge on any atom is -0.494 e. The lowest BCUT2D eigenvalue weighted by Gasteiger charge is -2.24. The highest BCUT2D eigenvalue weighted by Crippen LogP contribution is 2.31. The van der Waals surface area contributed by atoms with Crippen molar-refractivity contribution in [2.75, 3.05) is 13.2 Å². The van der Waals surface area contributed by atoms with Crippen LogP contribution in [0.25, 0.3) is 6.08 Å². The molecule has 2 aromatic heterocycles. The molecule has 11 nitrogen and oxygen atoms in total. The third-order valence-electron chi connectivity index (χ3n) is 5.26. The van der Waals surface area contributed by atoms with E-state index in [4.69, 9.17) is 9.47 Å². The van der Waals surface area contributed by atoms with Gasteiger partial charge in [0.15, 0.2) is 4.80 Å². The van der Waals surface area contributed by atoms with Crippen LogP contribution in [0.1, 0.15) is 37.9 Å². The highest BCUT2D eigenvalue weighted by molar-refractivity contribution is 7.07. The van der Waals surface area contributed by atoms with E-state index < -0.39 is 34.7 Å². The SMILES string of the molecule is CCOC(=O)C1=C(C)N=c2sc(=Cc3c(O)[nH]c(=O)[nH]c3=O)c(=O)n2C1c1ccc(OCC)cc1. The van der Waals surface area contributed by atoms with Gasteiger partial charge in [-0.15, -0.1) is 0 Å². The summed E-state index contributed by atoms with van der Waals surface area (Å²) in [5.41, 5.74) is -1.33. The minimum absolute atomic E-state index is 0.0745. The van der Waals surface area contributed by atoms with Gasteiger partial charge in [0, 0.05) is 0 Å². The molecule has 0 aliphatic carbocycles. The molecule has 0 bridgehead atoms. The molecule has 0 saturated heterocycles. The van der Waals surface area contributed by atoms with E-state index in [1.807, 2.05) is 11.9 Å². The van der Waals surface area contributed by atoms with Gasteiger partial charge in [0.05, 0.1) is 35.1 Å². The molecule has 35 heavy (non-hydrogen) atoms. The third kappa shape index (κ3) is 4.47. The molecular formula is C23H22N4O7S. The number of hydrogen-bond donors (Lipinski definition) is 3. The molecule has 1 unspecified atom stereocenters. The van der Waals surface area contributed by atoms with E-state index in [9.17, 15) is 24.3 Å². The Labute approximate surface area is 201 Å². The Morgan fingerprint density at radius 3 is 2.51 bits per heavy atom. The number of carbonyl (C=O) groups is 1. The molecule has 4 rings (SSSR count). The van der Waals surface area contributed by atoms with Crippen LogP contribution in [0.5, 0.6) is 11.6 Å². The number of carbonyl (C=O) groups excluding carboxylic acids is 1. The molecular weight excluding hydrogens is 476 g/mol. The molecule has 0 spiro atoms. The Balaban J connectivity index is 1.96. The molecule has 1 aromatic carbocycles. The highest BCUT2D eigenvalue weighted by atomic mass is 32.1. The van der Waals surface area contributed by atoms with Crippen molar-refractivity contribution >= 4 is 23.4 Å². The maximum absolute atomic E-state index is 13.5. The van der Waals surface area contributed by atoms with Gasteiger partial charge in [0.1, 0.15) is 11.3 Å². The summed E-state index contributed by atoms with van der Waals surface area (Å²) in [5.74, 6) is -0.637. The number of esters is 1. The van der Waals surface area contributed by atoms with Crippen LogP contribution in [0.2, 0.25) is 0 Å². The van der Waals surface area contributed by atoms with Crippen LogP contribution in [0.3, 0.4) is 0 Å². The fraction of sp³-hybridized carbons (Fsp3) is 0.261. The zero-order valence-corrected chi connectivity index (χ0v) is 19.9. The normalized spacial score (nSPS) is 15.5. The highest BCUT2D eigenvalue weighted by Gasteiger charge is 2.33. The van der Waals surface area contributed by atoms with Crippen LogP contribution in [-0.4, -0.2) is 38.8 Å². The van der Waals surface area contributed by atoms with Gasteiger partial charge < -0.3 is 14.6 Å². The maximum atomic E-state index is 13.5. The number of ether oxygens (including phenoxy) is 2. The van der Waals surface area contributed by atoms with Crippen molar-refractivity contribution in [2.45, 2.75) is 26.8 Å². The summed E-state index contributed by atoms with van der Waals surface area (Å²) >= 11 is 0.980. The zero-order valence-electron chi connectivity index (χ0n) is 19.1. The summed E-state index contributed by atoms with van der Waals surface area (Å²) in [5, 5.41) is 10.0. The molecule has 1 atom stereocenters. The summed E-state index contributed by atoms with van der Waals surface area (Å²) < 4.78 is 12.2. The summed E-state index contributed by atoms with van der Waals surface area (Å²) in [6.07, 6.45) is 1.17. The lowest BCUT2D eigenvalue weighted by molar-refractivity contribution is -0.139. The van der Waals surface area contributed by atoms with Crippen LogP contribution >= 0.6 is 11.3 Å². The average Bonchev–Trinajstić information content (AvgIpc) is 3.10. The second kappa shape index (κ2) is 9.58. The van der Waals surface area contributed by atoms with Crippen LogP contribution in [0, 0.1) is 0 Å². The minimum atomic E-state index is -0.878. The second-order valence-electron chi connectivity index (χ2n) is 7.47. The van der Waals surface area contributed by atoms with Crippen LogP contribution in [0.15, 0.2) is 54.9 Å². The fourth-order valence-electron chi connectivity index (χ4n) is 3.77. The number of benzene rings is 1. The number of fused-ring (bicyclic) bond motifs is 1. The van der Waals surface area contributed by atoms with Gasteiger partial charge >= 0.3 is 11.7 Å². The van der Waals surface area contributed by atoms with Crippen molar-refractivity contribution in [3.63, 3.8) is 0 Å². The van der Waals surface area contributed by atoms with E-state index in [-0.39, 0.29) is 22.3 Å². The Hall–Kier alpha value is -4.19. The molecule has 0 saturated carbocycles. The van der Waals surface area contributed by atoms with Crippen LogP contribution < -0.4 is 30.9 Å². The van der Waals surface area contributed by atoms with Crippen molar-refractivity contribution in [1.82, 2.24) is 14.5 Å². The number of H-pyrrole nitrogens is 2. The molecule has 1 aliphatic rings. The third-order valence-corrected chi connectivity index (χ3v) is 6.24. The molecule has 0 amide bonds. The van der Waals surface area contributed by atoms with E-state index in [0.29, 0.717) is 28.4 Å². The van der Waals surface area contributed by atoms with E-state index in [2.05, 4.69) is 9.98 Å². The van der Waals surface area contributed by atoms with Crippen molar-refractivity contribution in [3.05, 3.63) is 87.2 Å². The molecule has 0 fully saturated rings. The van der Waals surface area contributed by atoms with Gasteiger partial charge in [-0.1, -0.05) is 23.5 Å². The molecule has 3 heterocycles. The lowest BCUT2D eigenvalue weighted by atomic mass is 9.96. The van der Waals surface area contributed by atoms with Crippen molar-refractivity contribution in [2.24, 2.45) is 4.99 Å². The first-order chi connectivity index (χ1) is 16.7. The smallest absolute Gasteiger partial charge is 0.338 e. The summed E-state index contributed by atoms with van der Waals surface area (Å²) in [7, 11) is 0. The first kappa shape index (κ1) is 24.0. The second-order valence-corrected chi connectivity index (χ2v) is 8.48. The number of allylic oxidation sites excluding steroid dienone is 1. The van der Waals surface area contributed by atoms with Gasteiger partial charge in [-0.3, -0.25) is 24.1 Å². The predicted octanol–water partition coefficient (Wildman–Crippen LogP) is 0.279. The number of nitrogens with zero attached hydrogens (tertiary/aromatic N) is 2. The van der Waals surface area contributed by atoms with Crippen LogP contribution in [-0.2, 0) is 9.53 Å². The zero-order chi connectivity index (χ0) is 25.3. The fourth-order valence-corrected chi connectivity index (χ4v) is 4.80. The summed E-state index contributed by atoms with van der Waals surface area (Å²) in [6.45, 7) is 5.83. The number of aromatic hydroxyl groups is 1. The topological polar surface area (TPSA) is 156 Å². The molecule has 3 aromatic rings.